The molecule has 1 aliphatic rings. The van der Waals surface area contributed by atoms with Crippen LogP contribution in [0.3, 0.4) is 0 Å². The van der Waals surface area contributed by atoms with E-state index in [1.165, 1.54) is 6.92 Å². The summed E-state index contributed by atoms with van der Waals surface area (Å²) < 4.78 is 7.37. The van der Waals surface area contributed by atoms with Gasteiger partial charge in [0.05, 0.1) is 0 Å². The van der Waals surface area contributed by atoms with E-state index in [1.807, 2.05) is 55.7 Å². The van der Waals surface area contributed by atoms with E-state index in [2.05, 4.69) is 46.1 Å². The van der Waals surface area contributed by atoms with Crippen molar-refractivity contribution in [3.8, 4) is 0 Å². The molecule has 0 radical (unpaired) electrons. The molecule has 4 aromatic rings. The lowest BCUT2D eigenvalue weighted by Crippen LogP contribution is -2.45. The van der Waals surface area contributed by atoms with Gasteiger partial charge in [0.1, 0.15) is 11.3 Å². The van der Waals surface area contributed by atoms with Gasteiger partial charge in [-0.1, -0.05) is 53.7 Å². The molecule has 1 aliphatic carbocycles. The zero-order valence-corrected chi connectivity index (χ0v) is 25.6. The number of oxime groups is 1. The number of hydrogen-bond donors (Lipinski definition) is 3. The van der Waals surface area contributed by atoms with Gasteiger partial charge in [-0.05, 0) is 81.0 Å². The number of nitrogens with zero attached hydrogens (tertiary/aromatic N) is 2. The summed E-state index contributed by atoms with van der Waals surface area (Å²) in [5, 5.41) is 13.0. The van der Waals surface area contributed by atoms with Crippen molar-refractivity contribution in [2.24, 2.45) is 10.9 Å². The Morgan fingerprint density at radius 2 is 1.55 bits per heavy atom. The van der Waals surface area contributed by atoms with Gasteiger partial charge in [0.15, 0.2) is 5.84 Å². The topological polar surface area (TPSA) is 137 Å². The van der Waals surface area contributed by atoms with E-state index in [-0.39, 0.29) is 23.8 Å². The number of rotatable bonds is 7. The van der Waals surface area contributed by atoms with Crippen LogP contribution >= 0.6 is 0 Å². The van der Waals surface area contributed by atoms with Crippen LogP contribution in [0.25, 0.3) is 21.7 Å². The number of amidine groups is 1. The molecule has 0 aliphatic heterocycles. The molecule has 10 heteroatoms. The second-order valence-corrected chi connectivity index (χ2v) is 12.3. The lowest BCUT2D eigenvalue weighted by molar-refractivity contribution is -0.140. The van der Waals surface area contributed by atoms with Crippen LogP contribution in [0.5, 0.6) is 0 Å². The molecule has 2 amide bonds. The van der Waals surface area contributed by atoms with Crippen LogP contribution in [0, 0.1) is 0 Å². The quantitative estimate of drug-likeness (QED) is 0.110. The van der Waals surface area contributed by atoms with Gasteiger partial charge in [0.2, 0.25) is 0 Å². The molecule has 4 N–H and O–H groups in total. The first kappa shape index (κ1) is 30.6. The number of nitrogens with two attached hydrogens (primary N) is 1. The van der Waals surface area contributed by atoms with Crippen LogP contribution in [0.15, 0.2) is 71.9 Å². The Hall–Kier alpha value is -4.86. The fourth-order valence-corrected chi connectivity index (χ4v) is 5.57. The van der Waals surface area contributed by atoms with E-state index < -0.39 is 17.7 Å². The number of aromatic nitrogens is 1. The first-order chi connectivity index (χ1) is 20.9. The van der Waals surface area contributed by atoms with Gasteiger partial charge in [0, 0.05) is 42.0 Å². The van der Waals surface area contributed by atoms with Crippen molar-refractivity contribution >= 4 is 45.5 Å². The third-order valence-electron chi connectivity index (χ3n) is 7.64. The Balaban J connectivity index is 1.38. The van der Waals surface area contributed by atoms with Crippen LogP contribution in [0.1, 0.15) is 75.0 Å². The maximum atomic E-state index is 13.8. The zero-order valence-electron chi connectivity index (χ0n) is 25.6. The lowest BCUT2D eigenvalue weighted by atomic mass is 9.91. The predicted octanol–water partition coefficient (Wildman–Crippen LogP) is 5.59. The average molecular weight is 598 g/mol. The van der Waals surface area contributed by atoms with Crippen LogP contribution in [-0.4, -0.2) is 46.1 Å². The third kappa shape index (κ3) is 7.55. The van der Waals surface area contributed by atoms with Crippen LogP contribution < -0.4 is 16.4 Å². The van der Waals surface area contributed by atoms with Gasteiger partial charge in [-0.15, -0.1) is 0 Å². The second kappa shape index (κ2) is 12.8. The number of alkyl carbamates (subject to hydrolysis) is 1. The van der Waals surface area contributed by atoms with Gasteiger partial charge >= 0.3 is 12.1 Å². The molecular formula is C34H39N5O5. The number of nitrogens with one attached hydrogen (secondary N) is 2. The number of benzene rings is 3. The summed E-state index contributed by atoms with van der Waals surface area (Å²) in [4.78, 5) is 42.0. The fourth-order valence-electron chi connectivity index (χ4n) is 5.57. The Morgan fingerprint density at radius 3 is 2.23 bits per heavy atom. The lowest BCUT2D eigenvalue weighted by Gasteiger charge is -2.30. The maximum Gasteiger partial charge on any atom is 0.407 e. The highest BCUT2D eigenvalue weighted by molar-refractivity contribution is 6.03. The van der Waals surface area contributed by atoms with E-state index in [0.717, 1.165) is 52.9 Å². The third-order valence-corrected chi connectivity index (χ3v) is 7.64. The van der Waals surface area contributed by atoms with E-state index in [9.17, 15) is 14.4 Å². The number of hydrogen-bond acceptors (Lipinski definition) is 6. The molecule has 1 saturated carbocycles. The summed E-state index contributed by atoms with van der Waals surface area (Å²) in [5.74, 6) is -0.681. The normalized spacial score (nSPS) is 17.3. The average Bonchev–Trinajstić information content (AvgIpc) is 3.33. The molecule has 1 aromatic heterocycles. The molecule has 44 heavy (non-hydrogen) atoms. The van der Waals surface area contributed by atoms with Crippen molar-refractivity contribution in [2.45, 2.75) is 77.6 Å². The minimum Gasteiger partial charge on any atom is -0.444 e. The number of carbonyl (C=O) groups excluding carboxylic acids is 3. The number of fused-ring (bicyclic) bond motifs is 2. The first-order valence-electron chi connectivity index (χ1n) is 14.9. The molecule has 5 rings (SSSR count). The molecule has 0 spiro atoms. The Morgan fingerprint density at radius 1 is 0.886 bits per heavy atom. The summed E-state index contributed by atoms with van der Waals surface area (Å²) in [6.45, 7) is 7.22. The highest BCUT2D eigenvalue weighted by Gasteiger charge is 2.27. The van der Waals surface area contributed by atoms with E-state index in [4.69, 9.17) is 15.3 Å². The van der Waals surface area contributed by atoms with Gasteiger partial charge in [-0.3, -0.25) is 4.79 Å². The van der Waals surface area contributed by atoms with Crippen molar-refractivity contribution in [2.75, 3.05) is 0 Å². The number of amides is 2. The first-order valence-corrected chi connectivity index (χ1v) is 14.9. The smallest absolute Gasteiger partial charge is 0.407 e. The van der Waals surface area contributed by atoms with Gasteiger partial charge in [0.25, 0.3) is 5.91 Å². The maximum absolute atomic E-state index is 13.8. The summed E-state index contributed by atoms with van der Waals surface area (Å²) in [5.41, 5.74) is 8.49. The predicted molar refractivity (Wildman–Crippen MR) is 170 cm³/mol. The summed E-state index contributed by atoms with van der Waals surface area (Å²) in [6.07, 6.45) is 2.55. The second-order valence-electron chi connectivity index (χ2n) is 12.3. The standard InChI is InChI=1S/C34H39N5O5/c1-21(40)44-38-31(35)26-12-11-25-18-30(32(41)36-27-13-15-28(16-14-27)37-33(42)43-34(2,3)4)39(29(25)19-26)20-22-9-10-23-7-5-6-8-24(23)17-22/h5-12,17-19,27-28H,13-16,20H2,1-4H3,(H2,35,38)(H,36,41)(H,37,42). The molecule has 230 valence electrons. The Kier molecular flexibility index (Phi) is 8.89. The van der Waals surface area contributed by atoms with E-state index in [1.54, 1.807) is 6.07 Å². The minimum absolute atomic E-state index is 0.00915. The highest BCUT2D eigenvalue weighted by atomic mass is 16.7. The summed E-state index contributed by atoms with van der Waals surface area (Å²) in [7, 11) is 0. The molecule has 1 fully saturated rings. The van der Waals surface area contributed by atoms with Crippen LogP contribution in [0.2, 0.25) is 0 Å². The molecule has 0 unspecified atom stereocenters. The van der Waals surface area contributed by atoms with E-state index >= 15 is 0 Å². The van der Waals surface area contributed by atoms with Crippen molar-refractivity contribution in [1.29, 1.82) is 0 Å². The number of ether oxygens (including phenoxy) is 1. The monoisotopic (exact) mass is 597 g/mol. The summed E-state index contributed by atoms with van der Waals surface area (Å²) in [6, 6.07) is 21.8. The molecule has 0 atom stereocenters. The molecule has 1 heterocycles. The van der Waals surface area contributed by atoms with Crippen molar-refractivity contribution in [1.82, 2.24) is 15.2 Å². The van der Waals surface area contributed by atoms with Gasteiger partial charge in [-0.25, -0.2) is 9.59 Å². The van der Waals surface area contributed by atoms with Crippen molar-refractivity contribution in [3.05, 3.63) is 83.6 Å². The molecule has 10 nitrogen and oxygen atoms in total. The molecule has 0 saturated heterocycles. The minimum atomic E-state index is -0.567. The zero-order chi connectivity index (χ0) is 31.4. The van der Waals surface area contributed by atoms with Crippen LogP contribution in [0.4, 0.5) is 4.79 Å². The highest BCUT2D eigenvalue weighted by Crippen LogP contribution is 2.26. The van der Waals surface area contributed by atoms with Crippen LogP contribution in [-0.2, 0) is 20.9 Å². The molecular weight excluding hydrogens is 558 g/mol. The molecule has 0 bridgehead atoms. The largest absolute Gasteiger partial charge is 0.444 e. The summed E-state index contributed by atoms with van der Waals surface area (Å²) >= 11 is 0. The van der Waals surface area contributed by atoms with Gasteiger partial charge in [-0.2, -0.15) is 0 Å². The fraction of sp³-hybridized carbons (Fsp3) is 0.353. The SMILES string of the molecule is CC(=O)ON=C(N)c1ccc2cc(C(=O)NC3CCC(NC(=O)OC(C)(C)C)CC3)n(Cc3ccc4ccccc4c3)c2c1. The Labute approximate surface area is 256 Å². The van der Waals surface area contributed by atoms with Crippen molar-refractivity contribution < 1.29 is 24.0 Å². The number of carbonyl (C=O) groups is 3. The van der Waals surface area contributed by atoms with Gasteiger partial charge < -0.3 is 30.5 Å². The Bertz CT molecular complexity index is 1730. The van der Waals surface area contributed by atoms with Crippen molar-refractivity contribution in [3.63, 3.8) is 0 Å². The molecule has 3 aromatic carbocycles. The van der Waals surface area contributed by atoms with E-state index in [0.29, 0.717) is 17.8 Å².